The largest absolute Gasteiger partial charge is 0.492 e. The number of nitrogens with one attached hydrogen (secondary N) is 1. The Kier molecular flexibility index (Phi) is 4.65. The van der Waals surface area contributed by atoms with Gasteiger partial charge in [-0.2, -0.15) is 0 Å². The first-order valence-corrected chi connectivity index (χ1v) is 6.24. The van der Waals surface area contributed by atoms with E-state index in [0.29, 0.717) is 24.5 Å². The normalized spacial score (nSPS) is 10.1. The smallest absolute Gasteiger partial charge is 0.252 e. The Labute approximate surface area is 116 Å². The molecule has 0 aliphatic heterocycles. The number of hydrogen-bond acceptors (Lipinski definition) is 3. The maximum Gasteiger partial charge on any atom is 0.252 e. The lowest BCUT2D eigenvalue weighted by atomic mass is 10.2. The molecule has 2 rings (SSSR count). The van der Waals surface area contributed by atoms with E-state index in [-0.39, 0.29) is 11.7 Å². The molecule has 1 heterocycles. The molecule has 0 bridgehead atoms. The number of aryl methyl sites for hydroxylation is 1. The minimum absolute atomic E-state index is 0.194. The van der Waals surface area contributed by atoms with Crippen LogP contribution in [0.15, 0.2) is 42.6 Å². The number of rotatable bonds is 5. The number of carbonyl (C=O) groups excluding carboxylic acids is 1. The van der Waals surface area contributed by atoms with E-state index in [2.05, 4.69) is 10.3 Å². The lowest BCUT2D eigenvalue weighted by molar-refractivity contribution is 0.0946. The van der Waals surface area contributed by atoms with Crippen molar-refractivity contribution < 1.29 is 13.9 Å². The van der Waals surface area contributed by atoms with E-state index in [1.165, 1.54) is 18.3 Å². The van der Waals surface area contributed by atoms with Gasteiger partial charge in [0, 0.05) is 11.9 Å². The molecule has 0 saturated heterocycles. The maximum absolute atomic E-state index is 12.7. The van der Waals surface area contributed by atoms with Crippen LogP contribution in [0.1, 0.15) is 16.1 Å². The molecule has 0 saturated carbocycles. The van der Waals surface area contributed by atoms with Gasteiger partial charge in [0.2, 0.25) is 0 Å². The van der Waals surface area contributed by atoms with Crippen molar-refractivity contribution >= 4 is 5.91 Å². The number of pyridine rings is 1. The number of hydrogen-bond donors (Lipinski definition) is 1. The maximum atomic E-state index is 12.7. The number of ether oxygens (including phenoxy) is 1. The van der Waals surface area contributed by atoms with Crippen LogP contribution in [0.25, 0.3) is 0 Å². The molecular formula is C15H15FN2O2. The minimum atomic E-state index is -0.308. The first-order valence-electron chi connectivity index (χ1n) is 6.24. The highest BCUT2D eigenvalue weighted by atomic mass is 19.1. The van der Waals surface area contributed by atoms with Gasteiger partial charge in [0.1, 0.15) is 18.2 Å². The quantitative estimate of drug-likeness (QED) is 0.851. The van der Waals surface area contributed by atoms with Crippen LogP contribution in [-0.4, -0.2) is 24.0 Å². The lowest BCUT2D eigenvalue weighted by Crippen LogP contribution is -2.28. The molecule has 1 N–H and O–H groups in total. The molecule has 1 aromatic heterocycles. The zero-order valence-electron chi connectivity index (χ0n) is 11.1. The minimum Gasteiger partial charge on any atom is -0.492 e. The Morgan fingerprint density at radius 1 is 1.25 bits per heavy atom. The average Bonchev–Trinajstić information content (AvgIpc) is 2.46. The zero-order chi connectivity index (χ0) is 14.4. The van der Waals surface area contributed by atoms with Crippen LogP contribution in [0.4, 0.5) is 4.39 Å². The molecule has 104 valence electrons. The Hall–Kier alpha value is -2.43. The molecule has 1 amide bonds. The summed E-state index contributed by atoms with van der Waals surface area (Å²) in [5, 5.41) is 2.72. The fourth-order valence-electron chi connectivity index (χ4n) is 1.57. The highest BCUT2D eigenvalue weighted by Gasteiger charge is 2.04. The van der Waals surface area contributed by atoms with Gasteiger partial charge in [-0.3, -0.25) is 9.78 Å². The Balaban J connectivity index is 1.74. The molecule has 2 aromatic rings. The molecule has 0 radical (unpaired) electrons. The molecule has 20 heavy (non-hydrogen) atoms. The summed E-state index contributed by atoms with van der Waals surface area (Å²) in [6.07, 6.45) is 1.53. The third-order valence-corrected chi connectivity index (χ3v) is 2.64. The van der Waals surface area contributed by atoms with Gasteiger partial charge in [-0.1, -0.05) is 0 Å². The van der Waals surface area contributed by atoms with E-state index in [9.17, 15) is 9.18 Å². The number of benzene rings is 1. The number of aromatic nitrogens is 1. The topological polar surface area (TPSA) is 51.2 Å². The predicted octanol–water partition coefficient (Wildman–Crippen LogP) is 2.34. The third-order valence-electron chi connectivity index (χ3n) is 2.64. The van der Waals surface area contributed by atoms with Crippen molar-refractivity contribution in [3.8, 4) is 5.75 Å². The summed E-state index contributed by atoms with van der Waals surface area (Å²) in [7, 11) is 0. The number of carbonyl (C=O) groups is 1. The summed E-state index contributed by atoms with van der Waals surface area (Å²) >= 11 is 0. The summed E-state index contributed by atoms with van der Waals surface area (Å²) in [5.41, 5.74) is 1.37. The van der Waals surface area contributed by atoms with Gasteiger partial charge in [-0.15, -0.1) is 0 Å². The van der Waals surface area contributed by atoms with Gasteiger partial charge in [0.25, 0.3) is 5.91 Å². The molecule has 0 fully saturated rings. The van der Waals surface area contributed by atoms with Gasteiger partial charge in [0.15, 0.2) is 0 Å². The SMILES string of the molecule is Cc1ccc(C(=O)NCCOc2ccc(F)cc2)cn1. The van der Waals surface area contributed by atoms with E-state index >= 15 is 0 Å². The standard InChI is InChI=1S/C15H15FN2O2/c1-11-2-3-12(10-18-11)15(19)17-8-9-20-14-6-4-13(16)5-7-14/h2-7,10H,8-9H2,1H3,(H,17,19). The van der Waals surface area contributed by atoms with E-state index in [0.717, 1.165) is 5.69 Å². The van der Waals surface area contributed by atoms with Crippen molar-refractivity contribution in [3.05, 3.63) is 59.7 Å². The predicted molar refractivity (Wildman–Crippen MR) is 73.2 cm³/mol. The molecule has 4 nitrogen and oxygen atoms in total. The van der Waals surface area contributed by atoms with Crippen LogP contribution >= 0.6 is 0 Å². The molecule has 0 aliphatic carbocycles. The van der Waals surface area contributed by atoms with Crippen molar-refractivity contribution in [2.75, 3.05) is 13.2 Å². The van der Waals surface area contributed by atoms with Crippen molar-refractivity contribution in [2.24, 2.45) is 0 Å². The number of halogens is 1. The van der Waals surface area contributed by atoms with Crippen molar-refractivity contribution in [1.82, 2.24) is 10.3 Å². The van der Waals surface area contributed by atoms with E-state index in [4.69, 9.17) is 4.74 Å². The fraction of sp³-hybridized carbons (Fsp3) is 0.200. The van der Waals surface area contributed by atoms with E-state index in [1.54, 1.807) is 24.3 Å². The summed E-state index contributed by atoms with van der Waals surface area (Å²) in [5.74, 6) is 0.0652. The Morgan fingerprint density at radius 2 is 2.00 bits per heavy atom. The molecule has 0 spiro atoms. The number of amides is 1. The van der Waals surface area contributed by atoms with Crippen molar-refractivity contribution in [1.29, 1.82) is 0 Å². The molecule has 5 heteroatoms. The van der Waals surface area contributed by atoms with Gasteiger partial charge < -0.3 is 10.1 Å². The second-order valence-corrected chi connectivity index (χ2v) is 4.25. The molecule has 1 aromatic carbocycles. The third kappa shape index (κ3) is 4.05. The van der Waals surface area contributed by atoms with Crippen LogP contribution in [-0.2, 0) is 0 Å². The average molecular weight is 274 g/mol. The molecular weight excluding hydrogens is 259 g/mol. The first kappa shape index (κ1) is 14.0. The van der Waals surface area contributed by atoms with Gasteiger partial charge >= 0.3 is 0 Å². The molecule has 0 atom stereocenters. The van der Waals surface area contributed by atoms with E-state index in [1.807, 2.05) is 6.92 Å². The summed E-state index contributed by atoms with van der Waals surface area (Å²) in [6, 6.07) is 9.24. The highest BCUT2D eigenvalue weighted by molar-refractivity contribution is 5.93. The van der Waals surface area contributed by atoms with Crippen LogP contribution in [0, 0.1) is 12.7 Å². The number of nitrogens with zero attached hydrogens (tertiary/aromatic N) is 1. The van der Waals surface area contributed by atoms with Gasteiger partial charge in [0.05, 0.1) is 12.1 Å². The van der Waals surface area contributed by atoms with Crippen molar-refractivity contribution in [2.45, 2.75) is 6.92 Å². The second-order valence-electron chi connectivity index (χ2n) is 4.25. The Bertz CT molecular complexity index is 567. The summed E-state index contributed by atoms with van der Waals surface area (Å²) in [6.45, 7) is 2.54. The summed E-state index contributed by atoms with van der Waals surface area (Å²) in [4.78, 5) is 15.8. The van der Waals surface area contributed by atoms with Crippen LogP contribution in [0.3, 0.4) is 0 Å². The highest BCUT2D eigenvalue weighted by Crippen LogP contribution is 2.10. The first-order chi connectivity index (χ1) is 9.65. The second kappa shape index (κ2) is 6.65. The monoisotopic (exact) mass is 274 g/mol. The van der Waals surface area contributed by atoms with Crippen LogP contribution in [0.5, 0.6) is 5.75 Å². The summed E-state index contributed by atoms with van der Waals surface area (Å²) < 4.78 is 18.0. The Morgan fingerprint density at radius 3 is 2.65 bits per heavy atom. The fourth-order valence-corrected chi connectivity index (χ4v) is 1.57. The van der Waals surface area contributed by atoms with Crippen LogP contribution < -0.4 is 10.1 Å². The lowest BCUT2D eigenvalue weighted by Gasteiger charge is -2.07. The van der Waals surface area contributed by atoms with Crippen LogP contribution in [0.2, 0.25) is 0 Å². The van der Waals surface area contributed by atoms with Gasteiger partial charge in [-0.05, 0) is 43.3 Å². The molecule has 0 unspecified atom stereocenters. The zero-order valence-corrected chi connectivity index (χ0v) is 11.1. The van der Waals surface area contributed by atoms with Crippen molar-refractivity contribution in [3.63, 3.8) is 0 Å². The van der Waals surface area contributed by atoms with Gasteiger partial charge in [-0.25, -0.2) is 4.39 Å². The molecule has 0 aliphatic rings. The van der Waals surface area contributed by atoms with E-state index < -0.39 is 0 Å².